The Bertz CT molecular complexity index is 957. The highest BCUT2D eigenvalue weighted by molar-refractivity contribution is 5.53. The van der Waals surface area contributed by atoms with Crippen molar-refractivity contribution in [2.45, 2.75) is 25.8 Å². The molecular formula is C19H24N8. The minimum atomic E-state index is 0.872. The first-order valence-electron chi connectivity index (χ1n) is 9.64. The molecule has 0 unspecified atom stereocenters. The normalized spacial score (nSPS) is 17.4. The van der Waals surface area contributed by atoms with Gasteiger partial charge in [-0.05, 0) is 25.3 Å². The van der Waals surface area contributed by atoms with Gasteiger partial charge < -0.3 is 10.2 Å². The van der Waals surface area contributed by atoms with Gasteiger partial charge in [0.2, 0.25) is 5.95 Å². The number of nitrogens with one attached hydrogen (secondary N) is 1. The van der Waals surface area contributed by atoms with Crippen molar-refractivity contribution >= 4 is 17.4 Å². The maximum atomic E-state index is 4.86. The summed E-state index contributed by atoms with van der Waals surface area (Å²) in [4.78, 5) is 18.9. The molecule has 1 aliphatic carbocycles. The fourth-order valence-electron chi connectivity index (χ4n) is 4.10. The second-order valence-corrected chi connectivity index (χ2v) is 7.22. The highest BCUT2D eigenvalue weighted by Gasteiger charge is 2.24. The van der Waals surface area contributed by atoms with E-state index in [1.165, 1.54) is 23.2 Å². The number of aryl methyl sites for hydroxylation is 1. The van der Waals surface area contributed by atoms with E-state index >= 15 is 0 Å². The van der Waals surface area contributed by atoms with Crippen molar-refractivity contribution in [3.8, 4) is 0 Å². The third-order valence-corrected chi connectivity index (χ3v) is 5.56. The van der Waals surface area contributed by atoms with Crippen LogP contribution < -0.4 is 10.2 Å². The topological polar surface area (TPSA) is 74.5 Å². The number of rotatable bonds is 4. The van der Waals surface area contributed by atoms with E-state index in [4.69, 9.17) is 9.97 Å². The Morgan fingerprint density at radius 2 is 2.00 bits per heavy atom. The molecule has 8 nitrogen and oxygen atoms in total. The van der Waals surface area contributed by atoms with Crippen LogP contribution in [0.5, 0.6) is 0 Å². The van der Waals surface area contributed by atoms with E-state index in [-0.39, 0.29) is 0 Å². The molecule has 1 fully saturated rings. The van der Waals surface area contributed by atoms with Gasteiger partial charge in [-0.1, -0.05) is 0 Å². The quantitative estimate of drug-likeness (QED) is 0.749. The summed E-state index contributed by atoms with van der Waals surface area (Å²) < 4.78 is 1.84. The zero-order chi connectivity index (χ0) is 18.2. The molecule has 2 aliphatic rings. The molecule has 1 aliphatic heterocycles. The van der Waals surface area contributed by atoms with Gasteiger partial charge in [-0.15, -0.1) is 0 Å². The number of hydrogen-bond acceptors (Lipinski definition) is 7. The fourth-order valence-corrected chi connectivity index (χ4v) is 4.10. The summed E-state index contributed by atoms with van der Waals surface area (Å²) in [6.07, 6.45) is 9.03. The van der Waals surface area contributed by atoms with Crippen molar-refractivity contribution in [3.05, 3.63) is 41.5 Å². The zero-order valence-electron chi connectivity index (χ0n) is 15.6. The lowest BCUT2D eigenvalue weighted by atomic mass is 10.2. The molecule has 5 rings (SSSR count). The summed E-state index contributed by atoms with van der Waals surface area (Å²) in [5.74, 6) is 1.88. The predicted octanol–water partition coefficient (Wildman–Crippen LogP) is 1.37. The Morgan fingerprint density at radius 3 is 2.85 bits per heavy atom. The Morgan fingerprint density at radius 1 is 1.11 bits per heavy atom. The van der Waals surface area contributed by atoms with Gasteiger partial charge in [0.25, 0.3) is 0 Å². The Labute approximate surface area is 158 Å². The first kappa shape index (κ1) is 16.4. The first-order chi connectivity index (χ1) is 13.3. The number of piperazine rings is 1. The van der Waals surface area contributed by atoms with E-state index < -0.39 is 0 Å². The van der Waals surface area contributed by atoms with Crippen LogP contribution in [0.3, 0.4) is 0 Å². The molecule has 0 atom stereocenters. The number of hydrogen-bond donors (Lipinski definition) is 1. The SMILES string of the molecule is CNc1nc(N2CCN(Cc3cnn4cccnc34)CC2)nc2c1CCC2. The molecule has 0 bridgehead atoms. The molecule has 27 heavy (non-hydrogen) atoms. The molecule has 0 saturated carbocycles. The van der Waals surface area contributed by atoms with Crippen molar-refractivity contribution in [3.63, 3.8) is 0 Å². The molecule has 8 heteroatoms. The van der Waals surface area contributed by atoms with E-state index in [9.17, 15) is 0 Å². The van der Waals surface area contributed by atoms with Crippen molar-refractivity contribution in [2.24, 2.45) is 0 Å². The van der Waals surface area contributed by atoms with Crippen molar-refractivity contribution in [2.75, 3.05) is 43.4 Å². The van der Waals surface area contributed by atoms with Crippen LogP contribution in [-0.4, -0.2) is 62.7 Å². The monoisotopic (exact) mass is 364 g/mol. The van der Waals surface area contributed by atoms with E-state index in [2.05, 4.69) is 25.2 Å². The van der Waals surface area contributed by atoms with Crippen molar-refractivity contribution < 1.29 is 0 Å². The number of anilines is 2. The Hall–Kier alpha value is -2.74. The number of nitrogens with zero attached hydrogens (tertiary/aromatic N) is 7. The van der Waals surface area contributed by atoms with Gasteiger partial charge in [-0.25, -0.2) is 14.5 Å². The summed E-state index contributed by atoms with van der Waals surface area (Å²) in [6, 6.07) is 1.90. The lowest BCUT2D eigenvalue weighted by Gasteiger charge is -2.34. The number of aromatic nitrogens is 5. The first-order valence-corrected chi connectivity index (χ1v) is 9.64. The maximum absolute atomic E-state index is 4.86. The predicted molar refractivity (Wildman–Crippen MR) is 104 cm³/mol. The number of fused-ring (bicyclic) bond motifs is 2. The summed E-state index contributed by atoms with van der Waals surface area (Å²) >= 11 is 0. The molecular weight excluding hydrogens is 340 g/mol. The van der Waals surface area contributed by atoms with Gasteiger partial charge in [-0.3, -0.25) is 4.90 Å². The van der Waals surface area contributed by atoms with Gasteiger partial charge in [0.15, 0.2) is 5.65 Å². The molecule has 3 aromatic rings. The third-order valence-electron chi connectivity index (χ3n) is 5.56. The van der Waals surface area contributed by atoms with E-state index in [0.29, 0.717) is 0 Å². The molecule has 1 N–H and O–H groups in total. The van der Waals surface area contributed by atoms with Gasteiger partial charge in [0.1, 0.15) is 5.82 Å². The summed E-state index contributed by atoms with van der Waals surface area (Å²) in [5.41, 5.74) is 4.65. The van der Waals surface area contributed by atoms with Crippen molar-refractivity contribution in [1.29, 1.82) is 0 Å². The van der Waals surface area contributed by atoms with Gasteiger partial charge in [-0.2, -0.15) is 10.1 Å². The lowest BCUT2D eigenvalue weighted by Crippen LogP contribution is -2.46. The average Bonchev–Trinajstić information content (AvgIpc) is 3.35. The minimum absolute atomic E-state index is 0.872. The van der Waals surface area contributed by atoms with Crippen LogP contribution in [0.4, 0.5) is 11.8 Å². The zero-order valence-corrected chi connectivity index (χ0v) is 15.6. The second kappa shape index (κ2) is 6.77. The lowest BCUT2D eigenvalue weighted by molar-refractivity contribution is 0.249. The molecule has 4 heterocycles. The van der Waals surface area contributed by atoms with E-state index in [1.54, 1.807) is 0 Å². The largest absolute Gasteiger partial charge is 0.373 e. The Kier molecular flexibility index (Phi) is 4.12. The summed E-state index contributed by atoms with van der Waals surface area (Å²) in [7, 11) is 1.95. The van der Waals surface area contributed by atoms with Crippen LogP contribution >= 0.6 is 0 Å². The van der Waals surface area contributed by atoms with E-state index in [1.807, 2.05) is 36.2 Å². The molecule has 0 aromatic carbocycles. The summed E-state index contributed by atoms with van der Waals surface area (Å²) in [6.45, 7) is 4.73. The summed E-state index contributed by atoms with van der Waals surface area (Å²) in [5, 5.41) is 7.65. The molecule has 0 radical (unpaired) electrons. The smallest absolute Gasteiger partial charge is 0.227 e. The van der Waals surface area contributed by atoms with Crippen LogP contribution in [0.25, 0.3) is 5.65 Å². The van der Waals surface area contributed by atoms with Gasteiger partial charge in [0.05, 0.1) is 11.9 Å². The van der Waals surface area contributed by atoms with Gasteiger partial charge >= 0.3 is 0 Å². The van der Waals surface area contributed by atoms with Gasteiger partial charge in [0, 0.05) is 63.3 Å². The van der Waals surface area contributed by atoms with Crippen LogP contribution in [-0.2, 0) is 19.4 Å². The molecule has 140 valence electrons. The van der Waals surface area contributed by atoms with Crippen molar-refractivity contribution in [1.82, 2.24) is 29.5 Å². The molecule has 0 spiro atoms. The third kappa shape index (κ3) is 2.99. The molecule has 3 aromatic heterocycles. The maximum Gasteiger partial charge on any atom is 0.227 e. The van der Waals surface area contributed by atoms with Crippen LogP contribution in [0, 0.1) is 0 Å². The Balaban J connectivity index is 1.28. The highest BCUT2D eigenvalue weighted by Crippen LogP contribution is 2.28. The molecule has 1 saturated heterocycles. The molecule has 0 amide bonds. The highest BCUT2D eigenvalue weighted by atomic mass is 15.3. The van der Waals surface area contributed by atoms with E-state index in [0.717, 1.165) is 63.0 Å². The average molecular weight is 364 g/mol. The fraction of sp³-hybridized carbons (Fsp3) is 0.474. The second-order valence-electron chi connectivity index (χ2n) is 7.22. The van der Waals surface area contributed by atoms with Crippen LogP contribution in [0.15, 0.2) is 24.7 Å². The van der Waals surface area contributed by atoms with Crippen LogP contribution in [0.2, 0.25) is 0 Å². The standard InChI is InChI=1S/C19H24N8/c1-20-17-15-4-2-5-16(15)23-19(24-17)26-10-8-25(9-11-26)13-14-12-22-27-7-3-6-21-18(14)27/h3,6-7,12H,2,4-5,8-11,13H2,1H3,(H,20,23,24). The minimum Gasteiger partial charge on any atom is -0.373 e. The van der Waals surface area contributed by atoms with Crippen LogP contribution in [0.1, 0.15) is 23.2 Å².